The Balaban J connectivity index is 1.51. The van der Waals surface area contributed by atoms with Gasteiger partial charge in [-0.1, -0.05) is 55.5 Å². The van der Waals surface area contributed by atoms with Crippen molar-refractivity contribution in [3.05, 3.63) is 112 Å². The molecule has 0 saturated carbocycles. The molecular formula is C35H37NO6. The molecule has 2 atom stereocenters. The third kappa shape index (κ3) is 6.05. The second-order valence-electron chi connectivity index (χ2n) is 10.6. The first-order chi connectivity index (χ1) is 20.4. The molecule has 7 nitrogen and oxygen atoms in total. The summed E-state index contributed by atoms with van der Waals surface area (Å²) in [5.41, 5.74) is 5.46. The highest BCUT2D eigenvalue weighted by Crippen LogP contribution is 2.47. The minimum Gasteiger partial charge on any atom is -0.493 e. The Morgan fingerprint density at radius 1 is 0.905 bits per heavy atom. The van der Waals surface area contributed by atoms with Gasteiger partial charge in [0.15, 0.2) is 17.3 Å². The molecule has 5 rings (SSSR count). The van der Waals surface area contributed by atoms with Crippen LogP contribution in [0.3, 0.4) is 0 Å². The van der Waals surface area contributed by atoms with Gasteiger partial charge in [-0.3, -0.25) is 4.79 Å². The van der Waals surface area contributed by atoms with Crippen molar-refractivity contribution in [1.29, 1.82) is 0 Å². The Bertz CT molecular complexity index is 1520. The van der Waals surface area contributed by atoms with Crippen molar-refractivity contribution in [3.8, 4) is 17.2 Å². The van der Waals surface area contributed by atoms with Crippen LogP contribution in [0, 0.1) is 0 Å². The fraction of sp³-hybridized carbons (Fsp3) is 0.314. The van der Waals surface area contributed by atoms with Gasteiger partial charge in [0.1, 0.15) is 12.4 Å². The molecule has 42 heavy (non-hydrogen) atoms. The lowest BCUT2D eigenvalue weighted by Gasteiger charge is -2.37. The molecule has 0 radical (unpaired) electrons. The van der Waals surface area contributed by atoms with Crippen LogP contribution in [0.5, 0.6) is 17.2 Å². The number of hydrogen-bond acceptors (Lipinski definition) is 7. The van der Waals surface area contributed by atoms with Gasteiger partial charge in [-0.2, -0.15) is 0 Å². The maximum Gasteiger partial charge on any atom is 0.336 e. The molecule has 0 bridgehead atoms. The molecule has 0 fully saturated rings. The average Bonchev–Trinajstić information content (AvgIpc) is 3.02. The highest BCUT2D eigenvalue weighted by Gasteiger charge is 2.41. The summed E-state index contributed by atoms with van der Waals surface area (Å²) in [6, 6.07) is 23.4. The number of benzene rings is 3. The number of dihydropyridines is 1. The zero-order valence-electron chi connectivity index (χ0n) is 24.6. The largest absolute Gasteiger partial charge is 0.493 e. The SMILES string of the molecule is CCCOC(=O)C1=C(C)NC2=C(C(=O)C[C@H](c3ccc(OC)c(OC)c3)C2)[C@@H]1c1cccc(OCc2ccccc2)c1. The molecule has 1 N–H and O–H groups in total. The number of ether oxygens (including phenoxy) is 4. The topological polar surface area (TPSA) is 83.1 Å². The van der Waals surface area contributed by atoms with Gasteiger partial charge < -0.3 is 24.3 Å². The van der Waals surface area contributed by atoms with Gasteiger partial charge in [0, 0.05) is 29.3 Å². The van der Waals surface area contributed by atoms with Crippen molar-refractivity contribution in [2.45, 2.75) is 51.6 Å². The minimum absolute atomic E-state index is 0.00238. The van der Waals surface area contributed by atoms with Crippen molar-refractivity contribution in [2.75, 3.05) is 20.8 Å². The van der Waals surface area contributed by atoms with Gasteiger partial charge in [0.05, 0.1) is 26.4 Å². The zero-order valence-corrected chi connectivity index (χ0v) is 24.6. The monoisotopic (exact) mass is 567 g/mol. The number of carbonyl (C=O) groups is 2. The maximum atomic E-state index is 14.0. The Hall–Kier alpha value is -4.52. The number of carbonyl (C=O) groups excluding carboxylic acids is 2. The normalized spacial score (nSPS) is 18.2. The summed E-state index contributed by atoms with van der Waals surface area (Å²) in [6.45, 7) is 4.55. The molecule has 0 aromatic heterocycles. The third-order valence-corrected chi connectivity index (χ3v) is 7.80. The number of esters is 1. The summed E-state index contributed by atoms with van der Waals surface area (Å²) < 4.78 is 22.7. The van der Waals surface area contributed by atoms with Crippen molar-refractivity contribution in [1.82, 2.24) is 5.32 Å². The fourth-order valence-electron chi connectivity index (χ4n) is 5.78. The van der Waals surface area contributed by atoms with Gasteiger partial charge in [0.2, 0.25) is 0 Å². The van der Waals surface area contributed by atoms with Crippen molar-refractivity contribution >= 4 is 11.8 Å². The van der Waals surface area contributed by atoms with Crippen LogP contribution in [0.25, 0.3) is 0 Å². The van der Waals surface area contributed by atoms with Gasteiger partial charge in [-0.25, -0.2) is 4.79 Å². The van der Waals surface area contributed by atoms with E-state index >= 15 is 0 Å². The summed E-state index contributed by atoms with van der Waals surface area (Å²) in [5, 5.41) is 3.42. The smallest absolute Gasteiger partial charge is 0.336 e. The first kappa shape index (κ1) is 29.0. The van der Waals surface area contributed by atoms with E-state index in [1.54, 1.807) is 14.2 Å². The van der Waals surface area contributed by atoms with Crippen LogP contribution in [0.4, 0.5) is 0 Å². The summed E-state index contributed by atoms with van der Waals surface area (Å²) in [5.74, 6) is 0.906. The van der Waals surface area contributed by atoms with Crippen LogP contribution >= 0.6 is 0 Å². The maximum absolute atomic E-state index is 14.0. The molecule has 0 unspecified atom stereocenters. The van der Waals surface area contributed by atoms with Gasteiger partial charge in [0.25, 0.3) is 0 Å². The summed E-state index contributed by atoms with van der Waals surface area (Å²) >= 11 is 0. The molecule has 0 amide bonds. The molecule has 7 heteroatoms. The van der Waals surface area contributed by atoms with E-state index in [0.717, 1.165) is 22.4 Å². The lowest BCUT2D eigenvalue weighted by Crippen LogP contribution is -2.36. The molecule has 1 aliphatic heterocycles. The van der Waals surface area contributed by atoms with Crippen molar-refractivity contribution < 1.29 is 28.5 Å². The molecule has 3 aromatic rings. The van der Waals surface area contributed by atoms with Crippen molar-refractivity contribution in [2.24, 2.45) is 0 Å². The number of hydrogen-bond donors (Lipinski definition) is 1. The van der Waals surface area contributed by atoms with Crippen molar-refractivity contribution in [3.63, 3.8) is 0 Å². The van der Waals surface area contributed by atoms with Gasteiger partial charge in [-0.05, 0) is 66.6 Å². The predicted molar refractivity (Wildman–Crippen MR) is 161 cm³/mol. The first-order valence-electron chi connectivity index (χ1n) is 14.3. The Morgan fingerprint density at radius 3 is 2.43 bits per heavy atom. The van der Waals surface area contributed by atoms with E-state index in [-0.39, 0.29) is 11.7 Å². The van der Waals surface area contributed by atoms with Crippen LogP contribution in [0.15, 0.2) is 95.3 Å². The van der Waals surface area contributed by atoms with E-state index in [1.807, 2.05) is 86.6 Å². The Labute approximate surface area is 247 Å². The first-order valence-corrected chi connectivity index (χ1v) is 14.3. The summed E-state index contributed by atoms with van der Waals surface area (Å²) in [6.07, 6.45) is 1.64. The summed E-state index contributed by atoms with van der Waals surface area (Å²) in [4.78, 5) is 27.4. The Morgan fingerprint density at radius 2 is 1.69 bits per heavy atom. The van der Waals surface area contributed by atoms with E-state index in [2.05, 4.69) is 5.32 Å². The predicted octanol–water partition coefficient (Wildman–Crippen LogP) is 6.60. The average molecular weight is 568 g/mol. The third-order valence-electron chi connectivity index (χ3n) is 7.80. The molecule has 3 aromatic carbocycles. The van der Waals surface area contributed by atoms with Gasteiger partial charge >= 0.3 is 5.97 Å². The van der Waals surface area contributed by atoms with E-state index in [4.69, 9.17) is 18.9 Å². The van der Waals surface area contributed by atoms with Gasteiger partial charge in [-0.15, -0.1) is 0 Å². The highest BCUT2D eigenvalue weighted by atomic mass is 16.5. The lowest BCUT2D eigenvalue weighted by molar-refractivity contribution is -0.139. The second kappa shape index (κ2) is 13.0. The molecule has 2 aliphatic rings. The van der Waals surface area contributed by atoms with Crippen LogP contribution in [0.2, 0.25) is 0 Å². The number of allylic oxidation sites excluding steroid dienone is 3. The number of ketones is 1. The standard InChI is InChI=1S/C35H37NO6/c1-5-16-41-35(38)32-22(2)36-28-18-26(24-14-15-30(39-3)31(20-24)40-4)19-29(37)34(28)33(32)25-12-9-13-27(17-25)42-21-23-10-7-6-8-11-23/h6-15,17,20,26,33,36H,5,16,18-19,21H2,1-4H3/t26-,33-/m1/s1. The second-order valence-corrected chi connectivity index (χ2v) is 10.6. The molecule has 0 spiro atoms. The zero-order chi connectivity index (χ0) is 29.6. The lowest BCUT2D eigenvalue weighted by atomic mass is 9.71. The van der Waals surface area contributed by atoms with Crippen LogP contribution in [0.1, 0.15) is 61.6 Å². The minimum atomic E-state index is -0.565. The summed E-state index contributed by atoms with van der Waals surface area (Å²) in [7, 11) is 3.21. The molecule has 1 heterocycles. The molecule has 218 valence electrons. The molecule has 1 aliphatic carbocycles. The number of Topliss-reactive ketones (excluding diaryl/α,β-unsaturated/α-hetero) is 1. The molecular weight excluding hydrogens is 530 g/mol. The van der Waals surface area contributed by atoms with Crippen LogP contribution < -0.4 is 19.5 Å². The van der Waals surface area contributed by atoms with E-state index in [1.165, 1.54) is 0 Å². The quantitative estimate of drug-likeness (QED) is 0.277. The number of nitrogens with one attached hydrogen (secondary N) is 1. The fourth-order valence-corrected chi connectivity index (χ4v) is 5.78. The molecule has 0 saturated heterocycles. The van der Waals surface area contributed by atoms with E-state index in [0.29, 0.717) is 66.6 Å². The highest BCUT2D eigenvalue weighted by molar-refractivity contribution is 6.04. The number of rotatable bonds is 10. The van der Waals surface area contributed by atoms with E-state index in [9.17, 15) is 9.59 Å². The van der Waals surface area contributed by atoms with E-state index < -0.39 is 11.9 Å². The number of methoxy groups -OCH3 is 2. The van der Waals surface area contributed by atoms with Crippen LogP contribution in [-0.2, 0) is 20.9 Å². The Kier molecular flexibility index (Phi) is 8.96. The van der Waals surface area contributed by atoms with Crippen LogP contribution in [-0.4, -0.2) is 32.6 Å².